The first-order valence-corrected chi connectivity index (χ1v) is 7.77. The van der Waals surface area contributed by atoms with Crippen LogP contribution in [0.3, 0.4) is 0 Å². The van der Waals surface area contributed by atoms with Gasteiger partial charge in [0.2, 0.25) is 0 Å². The Kier molecular flexibility index (Phi) is 4.77. The molecule has 0 radical (unpaired) electrons. The van der Waals surface area contributed by atoms with Crippen LogP contribution in [0.1, 0.15) is 12.5 Å². The highest BCUT2D eigenvalue weighted by molar-refractivity contribution is 6.30. The molecule has 0 bridgehead atoms. The number of oxime groups is 1. The standard InChI is InChI=1S/C19H15ClN2O2/c1-13(17-11-4-7-14-6-2-3-10-18(14)17)22-24-19(23)21-16-9-5-8-15(20)12-16/h2-12H,1H3,(H,21,23). The van der Waals surface area contributed by atoms with Crippen molar-refractivity contribution in [3.63, 3.8) is 0 Å². The van der Waals surface area contributed by atoms with Crippen LogP contribution in [0.2, 0.25) is 5.02 Å². The molecule has 5 heteroatoms. The maximum Gasteiger partial charge on any atom is 0.437 e. The number of carbonyl (C=O) groups is 1. The molecule has 0 aliphatic rings. The van der Waals surface area contributed by atoms with Crippen molar-refractivity contribution in [3.05, 3.63) is 77.3 Å². The zero-order chi connectivity index (χ0) is 16.9. The fraction of sp³-hybridized carbons (Fsp3) is 0.0526. The molecule has 0 unspecified atom stereocenters. The molecular weight excluding hydrogens is 324 g/mol. The second kappa shape index (κ2) is 7.15. The van der Waals surface area contributed by atoms with Crippen LogP contribution in [0.15, 0.2) is 71.9 Å². The first kappa shape index (κ1) is 16.0. The number of carbonyl (C=O) groups excluding carboxylic acids is 1. The summed E-state index contributed by atoms with van der Waals surface area (Å²) in [6.07, 6.45) is -0.670. The van der Waals surface area contributed by atoms with Crippen LogP contribution in [0.25, 0.3) is 10.8 Å². The lowest BCUT2D eigenvalue weighted by molar-refractivity contribution is 0.166. The van der Waals surface area contributed by atoms with E-state index in [1.165, 1.54) is 0 Å². The zero-order valence-electron chi connectivity index (χ0n) is 13.0. The molecule has 1 amide bonds. The van der Waals surface area contributed by atoms with Crippen molar-refractivity contribution in [1.82, 2.24) is 0 Å². The lowest BCUT2D eigenvalue weighted by Crippen LogP contribution is -2.12. The number of fused-ring (bicyclic) bond motifs is 1. The van der Waals surface area contributed by atoms with Crippen molar-refractivity contribution in [2.75, 3.05) is 5.32 Å². The highest BCUT2D eigenvalue weighted by atomic mass is 35.5. The Balaban J connectivity index is 1.75. The first-order valence-electron chi connectivity index (χ1n) is 7.40. The molecule has 3 aromatic rings. The Bertz CT molecular complexity index is 917. The summed E-state index contributed by atoms with van der Waals surface area (Å²) in [4.78, 5) is 16.8. The van der Waals surface area contributed by atoms with E-state index in [0.717, 1.165) is 16.3 Å². The molecule has 0 fully saturated rings. The van der Waals surface area contributed by atoms with Gasteiger partial charge in [0.15, 0.2) is 0 Å². The van der Waals surface area contributed by atoms with Crippen LogP contribution in [0.5, 0.6) is 0 Å². The Morgan fingerprint density at radius 3 is 2.62 bits per heavy atom. The van der Waals surface area contributed by atoms with E-state index in [4.69, 9.17) is 16.4 Å². The maximum absolute atomic E-state index is 11.8. The van der Waals surface area contributed by atoms with Crippen molar-refractivity contribution in [3.8, 4) is 0 Å². The lowest BCUT2D eigenvalue weighted by atomic mass is 10.0. The largest absolute Gasteiger partial charge is 0.437 e. The van der Waals surface area contributed by atoms with Gasteiger partial charge in [-0.3, -0.25) is 10.2 Å². The minimum absolute atomic E-state index is 0.531. The van der Waals surface area contributed by atoms with Gasteiger partial charge < -0.3 is 0 Å². The van der Waals surface area contributed by atoms with Crippen LogP contribution in [0.4, 0.5) is 10.5 Å². The van der Waals surface area contributed by atoms with Crippen LogP contribution in [-0.2, 0) is 4.84 Å². The molecule has 0 saturated carbocycles. The van der Waals surface area contributed by atoms with Gasteiger partial charge in [0.25, 0.3) is 0 Å². The Morgan fingerprint density at radius 2 is 1.79 bits per heavy atom. The molecule has 3 aromatic carbocycles. The summed E-state index contributed by atoms with van der Waals surface area (Å²) in [6.45, 7) is 1.80. The Hall–Kier alpha value is -2.85. The number of halogens is 1. The number of benzene rings is 3. The van der Waals surface area contributed by atoms with E-state index in [9.17, 15) is 4.79 Å². The molecule has 3 rings (SSSR count). The van der Waals surface area contributed by atoms with E-state index in [1.54, 1.807) is 31.2 Å². The van der Waals surface area contributed by atoms with Gasteiger partial charge in [-0.05, 0) is 35.9 Å². The topological polar surface area (TPSA) is 50.7 Å². The Labute approximate surface area is 144 Å². The highest BCUT2D eigenvalue weighted by Gasteiger charge is 2.07. The van der Waals surface area contributed by atoms with Crippen molar-refractivity contribution in [2.45, 2.75) is 6.92 Å². The predicted octanol–water partition coefficient (Wildman–Crippen LogP) is 5.47. The first-order chi connectivity index (χ1) is 11.6. The number of nitrogens with one attached hydrogen (secondary N) is 1. The molecule has 4 nitrogen and oxygen atoms in total. The van der Waals surface area contributed by atoms with Crippen LogP contribution in [-0.4, -0.2) is 11.8 Å². The molecule has 0 atom stereocenters. The van der Waals surface area contributed by atoms with Crippen molar-refractivity contribution in [2.24, 2.45) is 5.16 Å². The fourth-order valence-corrected chi connectivity index (χ4v) is 2.60. The molecule has 1 N–H and O–H groups in total. The second-order valence-corrected chi connectivity index (χ2v) is 5.65. The summed E-state index contributed by atoms with van der Waals surface area (Å²) in [5.74, 6) is 0. The monoisotopic (exact) mass is 338 g/mol. The van der Waals surface area contributed by atoms with Crippen LogP contribution < -0.4 is 5.32 Å². The summed E-state index contributed by atoms with van der Waals surface area (Å²) in [7, 11) is 0. The predicted molar refractivity (Wildman–Crippen MR) is 97.7 cm³/mol. The second-order valence-electron chi connectivity index (χ2n) is 5.22. The van der Waals surface area contributed by atoms with E-state index in [0.29, 0.717) is 16.4 Å². The Morgan fingerprint density at radius 1 is 1.04 bits per heavy atom. The van der Waals surface area contributed by atoms with Crippen LogP contribution in [0, 0.1) is 0 Å². The normalized spacial score (nSPS) is 11.3. The third-order valence-corrected chi connectivity index (χ3v) is 3.75. The third-order valence-electron chi connectivity index (χ3n) is 3.52. The lowest BCUT2D eigenvalue weighted by Gasteiger charge is -2.06. The molecule has 0 aliphatic heterocycles. The molecule has 0 aliphatic carbocycles. The molecule has 0 aromatic heterocycles. The maximum atomic E-state index is 11.8. The van der Waals surface area contributed by atoms with Crippen molar-refractivity contribution >= 4 is 39.9 Å². The third kappa shape index (κ3) is 3.73. The molecular formula is C19H15ClN2O2. The van der Waals surface area contributed by atoms with Gasteiger partial charge >= 0.3 is 6.09 Å². The summed E-state index contributed by atoms with van der Waals surface area (Å²) in [5, 5.41) is 9.20. The number of anilines is 1. The number of nitrogens with zero attached hydrogens (tertiary/aromatic N) is 1. The van der Waals surface area contributed by atoms with E-state index < -0.39 is 6.09 Å². The average Bonchev–Trinajstić information content (AvgIpc) is 2.59. The van der Waals surface area contributed by atoms with E-state index in [-0.39, 0.29) is 0 Å². The van der Waals surface area contributed by atoms with Crippen LogP contribution >= 0.6 is 11.6 Å². The summed E-state index contributed by atoms with van der Waals surface area (Å²) < 4.78 is 0. The number of amides is 1. The van der Waals surface area contributed by atoms with E-state index in [2.05, 4.69) is 10.5 Å². The fourth-order valence-electron chi connectivity index (χ4n) is 2.41. The van der Waals surface area contributed by atoms with E-state index >= 15 is 0 Å². The quantitative estimate of drug-likeness (QED) is 0.391. The minimum atomic E-state index is -0.670. The van der Waals surface area contributed by atoms with Gasteiger partial charge in [0.1, 0.15) is 0 Å². The number of hydrogen-bond acceptors (Lipinski definition) is 3. The number of hydrogen-bond donors (Lipinski definition) is 1. The van der Waals surface area contributed by atoms with Gasteiger partial charge in [-0.15, -0.1) is 0 Å². The molecule has 0 heterocycles. The van der Waals surface area contributed by atoms with Gasteiger partial charge in [-0.1, -0.05) is 65.3 Å². The van der Waals surface area contributed by atoms with Crippen molar-refractivity contribution in [1.29, 1.82) is 0 Å². The van der Waals surface area contributed by atoms with E-state index in [1.807, 2.05) is 42.5 Å². The summed E-state index contributed by atoms with van der Waals surface area (Å²) in [5.41, 5.74) is 2.09. The zero-order valence-corrected chi connectivity index (χ0v) is 13.7. The van der Waals surface area contributed by atoms with Gasteiger partial charge in [0.05, 0.1) is 5.71 Å². The SMILES string of the molecule is CC(=NOC(=O)Nc1cccc(Cl)c1)c1cccc2ccccc12. The van der Waals surface area contributed by atoms with Gasteiger partial charge in [0, 0.05) is 16.3 Å². The van der Waals surface area contributed by atoms with Gasteiger partial charge in [-0.25, -0.2) is 4.79 Å². The molecule has 120 valence electrons. The minimum Gasteiger partial charge on any atom is -0.298 e. The molecule has 0 spiro atoms. The number of rotatable bonds is 3. The summed E-state index contributed by atoms with van der Waals surface area (Å²) >= 11 is 5.87. The smallest absolute Gasteiger partial charge is 0.298 e. The van der Waals surface area contributed by atoms with Gasteiger partial charge in [-0.2, -0.15) is 0 Å². The van der Waals surface area contributed by atoms with Crippen molar-refractivity contribution < 1.29 is 9.63 Å². The highest BCUT2D eigenvalue weighted by Crippen LogP contribution is 2.19. The average molecular weight is 339 g/mol. The molecule has 0 saturated heterocycles. The molecule has 24 heavy (non-hydrogen) atoms. The summed E-state index contributed by atoms with van der Waals surface area (Å²) in [6, 6.07) is 20.7.